The van der Waals surface area contributed by atoms with Crippen LogP contribution in [-0.4, -0.2) is 4.98 Å². The van der Waals surface area contributed by atoms with Gasteiger partial charge in [-0.15, -0.1) is 0 Å². The minimum absolute atomic E-state index is 0.282. The molecular weight excluding hydrogens is 304 g/mol. The highest BCUT2D eigenvalue weighted by molar-refractivity contribution is 7.22. The fourth-order valence-electron chi connectivity index (χ4n) is 1.85. The Kier molecular flexibility index (Phi) is 3.29. The number of fused-ring (bicyclic) bond motifs is 1. The van der Waals surface area contributed by atoms with Crippen LogP contribution >= 0.6 is 11.3 Å². The largest absolute Gasteiger partial charge is 0.416 e. The van der Waals surface area contributed by atoms with E-state index in [1.807, 2.05) is 0 Å². The third-order valence-electron chi connectivity index (χ3n) is 2.79. The summed E-state index contributed by atoms with van der Waals surface area (Å²) in [7, 11) is 0. The van der Waals surface area contributed by atoms with E-state index in [2.05, 4.69) is 10.3 Å². The number of nitrogens with one attached hydrogen (secondary N) is 1. The number of nitrogens with zero attached hydrogens (tertiary/aromatic N) is 1. The monoisotopic (exact) mass is 312 g/mol. The number of alkyl halides is 3. The van der Waals surface area contributed by atoms with Gasteiger partial charge >= 0.3 is 6.18 Å². The van der Waals surface area contributed by atoms with Crippen LogP contribution in [0.25, 0.3) is 10.2 Å². The van der Waals surface area contributed by atoms with Gasteiger partial charge in [0.1, 0.15) is 5.82 Å². The third kappa shape index (κ3) is 2.97. The average molecular weight is 312 g/mol. The lowest BCUT2D eigenvalue weighted by molar-refractivity contribution is -0.137. The molecule has 1 heterocycles. The summed E-state index contributed by atoms with van der Waals surface area (Å²) in [6, 6.07) is 9.02. The van der Waals surface area contributed by atoms with Gasteiger partial charge in [0.2, 0.25) is 0 Å². The van der Waals surface area contributed by atoms with Crippen LogP contribution in [0.4, 0.5) is 28.4 Å². The van der Waals surface area contributed by atoms with E-state index >= 15 is 0 Å². The van der Waals surface area contributed by atoms with E-state index in [0.29, 0.717) is 10.6 Å². The van der Waals surface area contributed by atoms with Crippen LogP contribution in [0.2, 0.25) is 0 Å². The molecule has 0 aliphatic rings. The van der Waals surface area contributed by atoms with Crippen molar-refractivity contribution in [3.63, 3.8) is 0 Å². The van der Waals surface area contributed by atoms with Gasteiger partial charge in [0, 0.05) is 11.8 Å². The zero-order valence-corrected chi connectivity index (χ0v) is 11.2. The molecule has 1 aromatic heterocycles. The molecule has 0 radical (unpaired) electrons. The molecule has 21 heavy (non-hydrogen) atoms. The lowest BCUT2D eigenvalue weighted by atomic mass is 10.2. The zero-order chi connectivity index (χ0) is 15.0. The van der Waals surface area contributed by atoms with E-state index in [4.69, 9.17) is 0 Å². The number of halogens is 4. The molecule has 0 aliphatic heterocycles. The Labute approximate surface area is 121 Å². The van der Waals surface area contributed by atoms with Crippen LogP contribution in [0.5, 0.6) is 0 Å². The number of rotatable bonds is 2. The highest BCUT2D eigenvalue weighted by Gasteiger charge is 2.30. The molecule has 0 unspecified atom stereocenters. The van der Waals surface area contributed by atoms with Crippen molar-refractivity contribution in [2.45, 2.75) is 6.18 Å². The molecule has 0 bridgehead atoms. The van der Waals surface area contributed by atoms with Gasteiger partial charge < -0.3 is 5.32 Å². The minimum Gasteiger partial charge on any atom is -0.332 e. The molecule has 0 saturated carbocycles. The van der Waals surface area contributed by atoms with Gasteiger partial charge in [-0.1, -0.05) is 17.4 Å². The summed E-state index contributed by atoms with van der Waals surface area (Å²) >= 11 is 1.24. The van der Waals surface area contributed by atoms with Gasteiger partial charge in [-0.3, -0.25) is 0 Å². The molecule has 0 saturated heterocycles. The second kappa shape index (κ2) is 5.00. The van der Waals surface area contributed by atoms with E-state index in [1.165, 1.54) is 35.6 Å². The first kappa shape index (κ1) is 13.8. The number of anilines is 2. The Hall–Kier alpha value is -2.15. The quantitative estimate of drug-likeness (QED) is 0.658. The average Bonchev–Trinajstić information content (AvgIpc) is 2.79. The van der Waals surface area contributed by atoms with Gasteiger partial charge in [-0.2, -0.15) is 13.2 Å². The lowest BCUT2D eigenvalue weighted by Gasteiger charge is -2.08. The lowest BCUT2D eigenvalue weighted by Crippen LogP contribution is -2.05. The van der Waals surface area contributed by atoms with Crippen molar-refractivity contribution in [1.29, 1.82) is 0 Å². The SMILES string of the molecule is Fc1ccc2sc(Nc3cccc(C(F)(F)F)c3)nc2c1. The van der Waals surface area contributed by atoms with Gasteiger partial charge in [-0.05, 0) is 30.3 Å². The van der Waals surface area contributed by atoms with Gasteiger partial charge in [0.05, 0.1) is 15.8 Å². The van der Waals surface area contributed by atoms with Crippen LogP contribution in [0.1, 0.15) is 5.56 Å². The summed E-state index contributed by atoms with van der Waals surface area (Å²) in [5.41, 5.74) is 0.0125. The number of thiazole rings is 1. The predicted molar refractivity (Wildman–Crippen MR) is 74.3 cm³/mol. The standard InChI is InChI=1S/C14H8F4N2S/c15-9-4-5-12-11(7-9)20-13(21-12)19-10-3-1-2-8(6-10)14(16,17)18/h1-7H,(H,19,20). The molecule has 2 nitrogen and oxygen atoms in total. The van der Waals surface area contributed by atoms with Crippen molar-refractivity contribution in [3.05, 3.63) is 53.8 Å². The minimum atomic E-state index is -4.39. The maximum absolute atomic E-state index is 13.1. The molecule has 1 N–H and O–H groups in total. The number of aromatic nitrogens is 1. The Morgan fingerprint density at radius 1 is 1.05 bits per heavy atom. The molecule has 0 fully saturated rings. The van der Waals surface area contributed by atoms with E-state index in [0.717, 1.165) is 16.8 Å². The molecule has 3 rings (SSSR count). The summed E-state index contributed by atoms with van der Waals surface area (Å²) in [4.78, 5) is 4.15. The molecular formula is C14H8F4N2S. The zero-order valence-electron chi connectivity index (χ0n) is 10.4. The molecule has 0 amide bonds. The van der Waals surface area contributed by atoms with Gasteiger partial charge in [0.25, 0.3) is 0 Å². The van der Waals surface area contributed by atoms with Crippen molar-refractivity contribution in [1.82, 2.24) is 4.98 Å². The second-order valence-electron chi connectivity index (χ2n) is 4.33. The molecule has 0 spiro atoms. The van der Waals surface area contributed by atoms with Crippen LogP contribution < -0.4 is 5.32 Å². The van der Waals surface area contributed by atoms with E-state index in [-0.39, 0.29) is 5.69 Å². The Morgan fingerprint density at radius 3 is 2.62 bits per heavy atom. The van der Waals surface area contributed by atoms with Crippen LogP contribution in [0.15, 0.2) is 42.5 Å². The number of hydrogen-bond donors (Lipinski definition) is 1. The molecule has 0 atom stereocenters. The Bertz CT molecular complexity index is 795. The van der Waals surface area contributed by atoms with Gasteiger partial charge in [0.15, 0.2) is 5.13 Å². The van der Waals surface area contributed by atoms with Crippen molar-refractivity contribution in [3.8, 4) is 0 Å². The smallest absolute Gasteiger partial charge is 0.332 e. The van der Waals surface area contributed by atoms with Crippen molar-refractivity contribution < 1.29 is 17.6 Å². The van der Waals surface area contributed by atoms with E-state index < -0.39 is 17.6 Å². The maximum Gasteiger partial charge on any atom is 0.416 e. The predicted octanol–water partition coefficient (Wildman–Crippen LogP) is 5.20. The molecule has 2 aromatic carbocycles. The Morgan fingerprint density at radius 2 is 1.86 bits per heavy atom. The van der Waals surface area contributed by atoms with E-state index in [9.17, 15) is 17.6 Å². The summed E-state index contributed by atoms with van der Waals surface area (Å²) in [6.45, 7) is 0. The molecule has 7 heteroatoms. The highest BCUT2D eigenvalue weighted by atomic mass is 32.1. The Balaban J connectivity index is 1.91. The third-order valence-corrected chi connectivity index (χ3v) is 3.74. The van der Waals surface area contributed by atoms with Crippen LogP contribution in [-0.2, 0) is 6.18 Å². The fourth-order valence-corrected chi connectivity index (χ4v) is 2.72. The van der Waals surface area contributed by atoms with Crippen molar-refractivity contribution in [2.75, 3.05) is 5.32 Å². The molecule has 0 aliphatic carbocycles. The summed E-state index contributed by atoms with van der Waals surface area (Å²) in [5, 5.41) is 3.22. The number of benzene rings is 2. The first-order valence-electron chi connectivity index (χ1n) is 5.92. The van der Waals surface area contributed by atoms with Crippen LogP contribution in [0.3, 0.4) is 0 Å². The molecule has 108 valence electrons. The van der Waals surface area contributed by atoms with Crippen molar-refractivity contribution >= 4 is 32.4 Å². The second-order valence-corrected chi connectivity index (χ2v) is 5.37. The first-order chi connectivity index (χ1) is 9.91. The van der Waals surface area contributed by atoms with Crippen molar-refractivity contribution in [2.24, 2.45) is 0 Å². The summed E-state index contributed by atoms with van der Waals surface area (Å²) in [6.07, 6.45) is -4.39. The summed E-state index contributed by atoms with van der Waals surface area (Å²) < 4.78 is 51.7. The topological polar surface area (TPSA) is 24.9 Å². The van der Waals surface area contributed by atoms with Gasteiger partial charge in [-0.25, -0.2) is 9.37 Å². The van der Waals surface area contributed by atoms with Crippen LogP contribution in [0, 0.1) is 5.82 Å². The highest BCUT2D eigenvalue weighted by Crippen LogP contribution is 2.33. The van der Waals surface area contributed by atoms with E-state index in [1.54, 1.807) is 6.07 Å². The maximum atomic E-state index is 13.1. The number of hydrogen-bond acceptors (Lipinski definition) is 3. The fraction of sp³-hybridized carbons (Fsp3) is 0.0714. The molecule has 3 aromatic rings. The first-order valence-corrected chi connectivity index (χ1v) is 6.74. The summed E-state index contributed by atoms with van der Waals surface area (Å²) in [5.74, 6) is -0.404. The normalized spacial score (nSPS) is 11.8.